The molecule has 1 aromatic carbocycles. The quantitative estimate of drug-likeness (QED) is 0.750. The van der Waals surface area contributed by atoms with Gasteiger partial charge in [-0.1, -0.05) is 0 Å². The van der Waals surface area contributed by atoms with Crippen LogP contribution in [0.15, 0.2) is 35.2 Å². The van der Waals surface area contributed by atoms with Crippen molar-refractivity contribution >= 4 is 16.8 Å². The lowest BCUT2D eigenvalue weighted by molar-refractivity contribution is -0.129. The van der Waals surface area contributed by atoms with Crippen molar-refractivity contribution in [3.05, 3.63) is 53.6 Å². The maximum atomic E-state index is 13.5. The minimum atomic E-state index is -0.290. The maximum Gasteiger partial charge on any atom is 0.227 e. The molecule has 1 unspecified atom stereocenters. The molecule has 1 aliphatic heterocycles. The van der Waals surface area contributed by atoms with Crippen LogP contribution in [0.3, 0.4) is 0 Å². The molecule has 1 N–H and O–H groups in total. The molecule has 0 bridgehead atoms. The Labute approximate surface area is 157 Å². The van der Waals surface area contributed by atoms with Crippen LogP contribution in [-0.2, 0) is 17.8 Å². The normalized spacial score (nSPS) is 17.3. The summed E-state index contributed by atoms with van der Waals surface area (Å²) in [5.74, 6) is 0.620. The van der Waals surface area contributed by atoms with Crippen LogP contribution in [-0.4, -0.2) is 51.9 Å². The third-order valence-electron chi connectivity index (χ3n) is 5.45. The second-order valence-electron chi connectivity index (χ2n) is 7.23. The summed E-state index contributed by atoms with van der Waals surface area (Å²) in [6, 6.07) is 4.90. The SMILES string of the molecule is Cc1ocnc1CN(C)C1CCN(C(=O)Cc2c[nH]c3ccc(F)cc23)C1. The average molecular weight is 370 g/mol. The van der Waals surface area contributed by atoms with Crippen molar-refractivity contribution in [1.82, 2.24) is 19.8 Å². The van der Waals surface area contributed by atoms with E-state index in [0.29, 0.717) is 19.1 Å². The van der Waals surface area contributed by atoms with Crippen LogP contribution in [0.5, 0.6) is 0 Å². The smallest absolute Gasteiger partial charge is 0.227 e. The number of hydrogen-bond acceptors (Lipinski definition) is 4. The first-order chi connectivity index (χ1) is 13.0. The topological polar surface area (TPSA) is 65.4 Å². The zero-order valence-corrected chi connectivity index (χ0v) is 15.5. The number of carbonyl (C=O) groups is 1. The molecule has 0 aliphatic carbocycles. The lowest BCUT2D eigenvalue weighted by Gasteiger charge is -2.24. The van der Waals surface area contributed by atoms with Crippen LogP contribution < -0.4 is 0 Å². The number of carbonyl (C=O) groups excluding carboxylic acids is 1. The van der Waals surface area contributed by atoms with Crippen molar-refractivity contribution in [3.8, 4) is 0 Å². The molecule has 0 saturated carbocycles. The largest absolute Gasteiger partial charge is 0.448 e. The van der Waals surface area contributed by atoms with Gasteiger partial charge < -0.3 is 14.3 Å². The molecule has 142 valence electrons. The first-order valence-electron chi connectivity index (χ1n) is 9.13. The van der Waals surface area contributed by atoms with Crippen molar-refractivity contribution in [2.45, 2.75) is 32.4 Å². The molecule has 0 spiro atoms. The molecule has 1 atom stereocenters. The molecule has 1 amide bonds. The van der Waals surface area contributed by atoms with E-state index >= 15 is 0 Å². The number of rotatable bonds is 5. The van der Waals surface area contributed by atoms with Crippen molar-refractivity contribution in [1.29, 1.82) is 0 Å². The molecule has 0 radical (unpaired) electrons. The van der Waals surface area contributed by atoms with Crippen LogP contribution in [0.4, 0.5) is 4.39 Å². The number of benzene rings is 1. The van der Waals surface area contributed by atoms with Crippen LogP contribution in [0.1, 0.15) is 23.4 Å². The highest BCUT2D eigenvalue weighted by Gasteiger charge is 2.29. The number of H-pyrrole nitrogens is 1. The number of aromatic nitrogens is 2. The maximum absolute atomic E-state index is 13.5. The van der Waals surface area contributed by atoms with Crippen molar-refractivity contribution in [2.24, 2.45) is 0 Å². The Balaban J connectivity index is 1.38. The van der Waals surface area contributed by atoms with E-state index in [1.54, 1.807) is 12.3 Å². The Morgan fingerprint density at radius 1 is 1.48 bits per heavy atom. The predicted octanol–water partition coefficient (Wildman–Crippen LogP) is 2.88. The Kier molecular flexibility index (Phi) is 4.70. The molecule has 3 aromatic rings. The second-order valence-corrected chi connectivity index (χ2v) is 7.23. The molecular formula is C20H23FN4O2. The molecule has 3 heterocycles. The number of oxazole rings is 1. The fourth-order valence-electron chi connectivity index (χ4n) is 3.75. The molecule has 7 heteroatoms. The third-order valence-corrected chi connectivity index (χ3v) is 5.45. The summed E-state index contributed by atoms with van der Waals surface area (Å²) in [7, 11) is 2.05. The summed E-state index contributed by atoms with van der Waals surface area (Å²) in [6.45, 7) is 4.05. The standard InChI is InChI=1S/C20H23FN4O2/c1-13-19(23-12-27-13)11-24(2)16-5-6-25(10-16)20(26)7-14-9-22-18-4-3-15(21)8-17(14)18/h3-4,8-9,12,16,22H,5-7,10-11H2,1-2H3. The molecule has 1 fully saturated rings. The number of halogens is 1. The highest BCUT2D eigenvalue weighted by molar-refractivity contribution is 5.89. The summed E-state index contributed by atoms with van der Waals surface area (Å²) < 4.78 is 18.8. The van der Waals surface area contributed by atoms with E-state index in [1.165, 1.54) is 18.5 Å². The van der Waals surface area contributed by atoms with Crippen LogP contribution >= 0.6 is 0 Å². The number of fused-ring (bicyclic) bond motifs is 1. The van der Waals surface area contributed by atoms with Gasteiger partial charge >= 0.3 is 0 Å². The number of hydrogen-bond donors (Lipinski definition) is 1. The van der Waals surface area contributed by atoms with Crippen molar-refractivity contribution in [3.63, 3.8) is 0 Å². The molecule has 2 aromatic heterocycles. The van der Waals surface area contributed by atoms with Gasteiger partial charge in [-0.25, -0.2) is 9.37 Å². The predicted molar refractivity (Wildman–Crippen MR) is 99.7 cm³/mol. The van der Waals surface area contributed by atoms with Crippen molar-refractivity contribution in [2.75, 3.05) is 20.1 Å². The average Bonchev–Trinajstić information content (AvgIpc) is 3.36. The number of likely N-dealkylation sites (N-methyl/N-ethyl adjacent to an activating group) is 1. The summed E-state index contributed by atoms with van der Waals surface area (Å²) in [4.78, 5) is 24.2. The summed E-state index contributed by atoms with van der Waals surface area (Å²) in [5.41, 5.74) is 2.62. The van der Waals surface area contributed by atoms with Crippen LogP contribution in [0.2, 0.25) is 0 Å². The van der Waals surface area contributed by atoms with Gasteiger partial charge in [-0.3, -0.25) is 9.69 Å². The fraction of sp³-hybridized carbons (Fsp3) is 0.400. The van der Waals surface area contributed by atoms with Gasteiger partial charge in [0.25, 0.3) is 0 Å². The minimum absolute atomic E-state index is 0.0775. The Hall–Kier alpha value is -2.67. The molecular weight excluding hydrogens is 347 g/mol. The van der Waals surface area contributed by atoms with Gasteiger partial charge in [-0.15, -0.1) is 0 Å². The van der Waals surface area contributed by atoms with E-state index in [4.69, 9.17) is 4.42 Å². The zero-order chi connectivity index (χ0) is 19.0. The number of nitrogens with zero attached hydrogens (tertiary/aromatic N) is 3. The highest BCUT2D eigenvalue weighted by atomic mass is 19.1. The summed E-state index contributed by atoms with van der Waals surface area (Å²) in [6.07, 6.45) is 4.48. The number of aromatic amines is 1. The van der Waals surface area contributed by atoms with Gasteiger partial charge in [0.2, 0.25) is 5.91 Å². The van der Waals surface area contributed by atoms with E-state index in [-0.39, 0.29) is 18.1 Å². The first kappa shape index (κ1) is 17.7. The Morgan fingerprint density at radius 3 is 3.11 bits per heavy atom. The lowest BCUT2D eigenvalue weighted by Crippen LogP contribution is -2.36. The Morgan fingerprint density at radius 2 is 2.33 bits per heavy atom. The molecule has 4 rings (SSSR count). The van der Waals surface area contributed by atoms with E-state index in [0.717, 1.165) is 40.9 Å². The molecule has 27 heavy (non-hydrogen) atoms. The van der Waals surface area contributed by atoms with Gasteiger partial charge in [0, 0.05) is 42.8 Å². The van der Waals surface area contributed by atoms with Gasteiger partial charge in [0.15, 0.2) is 6.39 Å². The van der Waals surface area contributed by atoms with Crippen LogP contribution in [0, 0.1) is 12.7 Å². The zero-order valence-electron chi connectivity index (χ0n) is 15.5. The monoisotopic (exact) mass is 370 g/mol. The molecule has 1 saturated heterocycles. The van der Waals surface area contributed by atoms with Gasteiger partial charge in [-0.05, 0) is 44.2 Å². The molecule has 6 nitrogen and oxygen atoms in total. The van der Waals surface area contributed by atoms with E-state index in [9.17, 15) is 9.18 Å². The minimum Gasteiger partial charge on any atom is -0.448 e. The number of likely N-dealkylation sites (tertiary alicyclic amines) is 1. The number of amides is 1. The number of aryl methyl sites for hydroxylation is 1. The van der Waals surface area contributed by atoms with Gasteiger partial charge in [0.1, 0.15) is 11.6 Å². The van der Waals surface area contributed by atoms with E-state index in [1.807, 2.05) is 11.8 Å². The third kappa shape index (κ3) is 3.60. The summed E-state index contributed by atoms with van der Waals surface area (Å²) in [5, 5.41) is 0.776. The second kappa shape index (κ2) is 7.15. The lowest BCUT2D eigenvalue weighted by atomic mass is 10.1. The highest BCUT2D eigenvalue weighted by Crippen LogP contribution is 2.22. The number of nitrogens with one attached hydrogen (secondary N) is 1. The summed E-state index contributed by atoms with van der Waals surface area (Å²) >= 11 is 0. The van der Waals surface area contributed by atoms with E-state index in [2.05, 4.69) is 21.9 Å². The van der Waals surface area contributed by atoms with Crippen LogP contribution in [0.25, 0.3) is 10.9 Å². The van der Waals surface area contributed by atoms with Gasteiger partial charge in [0.05, 0.1) is 12.1 Å². The fourth-order valence-corrected chi connectivity index (χ4v) is 3.75. The van der Waals surface area contributed by atoms with E-state index < -0.39 is 0 Å². The first-order valence-corrected chi connectivity index (χ1v) is 9.13. The molecule has 1 aliphatic rings. The van der Waals surface area contributed by atoms with Crippen molar-refractivity contribution < 1.29 is 13.6 Å². The Bertz CT molecular complexity index is 964. The van der Waals surface area contributed by atoms with Gasteiger partial charge in [-0.2, -0.15) is 0 Å².